The molecule has 2 aromatic carbocycles. The fourth-order valence-electron chi connectivity index (χ4n) is 2.58. The Kier molecular flexibility index (Phi) is 8.75. The molecule has 2 rings (SSSR count). The summed E-state index contributed by atoms with van der Waals surface area (Å²) < 4.78 is 9.39. The molecule has 0 aliphatic rings. The molecule has 174 valence electrons. The van der Waals surface area contributed by atoms with Crippen molar-refractivity contribution in [3.05, 3.63) is 68.8 Å². The molecule has 14 heteroatoms. The Balaban J connectivity index is 2.27. The fourth-order valence-corrected chi connectivity index (χ4v) is 2.58. The van der Waals surface area contributed by atoms with Gasteiger partial charge < -0.3 is 14.9 Å². The number of rotatable bonds is 11. The molecule has 0 aromatic heterocycles. The number of carbonyl (C=O) groups is 2. The van der Waals surface area contributed by atoms with Gasteiger partial charge in [0, 0.05) is 18.6 Å². The van der Waals surface area contributed by atoms with E-state index in [1.165, 1.54) is 42.5 Å². The number of nitrogens with one attached hydrogen (secondary N) is 3. The first-order chi connectivity index (χ1) is 15.8. The van der Waals surface area contributed by atoms with Crippen LogP contribution in [0, 0.1) is 20.2 Å². The van der Waals surface area contributed by atoms with Crippen molar-refractivity contribution in [1.29, 1.82) is 0 Å². The molecule has 3 N–H and O–H groups in total. The average Bonchev–Trinajstić information content (AvgIpc) is 2.82. The van der Waals surface area contributed by atoms with E-state index in [1.807, 2.05) is 0 Å². The van der Waals surface area contributed by atoms with Crippen molar-refractivity contribution in [1.82, 2.24) is 5.43 Å². The Labute approximate surface area is 186 Å². The van der Waals surface area contributed by atoms with Crippen molar-refractivity contribution in [2.45, 2.75) is 12.5 Å². The predicted molar refractivity (Wildman–Crippen MR) is 116 cm³/mol. The first kappa shape index (κ1) is 24.7. The first-order valence-electron chi connectivity index (χ1n) is 9.25. The summed E-state index contributed by atoms with van der Waals surface area (Å²) in [6.07, 6.45) is -0.388. The standard InChI is InChI=1S/C19H20N6O8/c1-32-18(26)14(22-20-12-7-3-5-9-16(12)24(28)29)11-15(19(27)33-2)23-21-13-8-4-6-10-17(13)25(30)31/h3-10,14,20-22H,11H2,1-2H3/b23-15-. The van der Waals surface area contributed by atoms with Gasteiger partial charge in [0.05, 0.1) is 24.1 Å². The number of hydrogen-bond acceptors (Lipinski definition) is 12. The van der Waals surface area contributed by atoms with Gasteiger partial charge >= 0.3 is 11.9 Å². The van der Waals surface area contributed by atoms with Crippen LogP contribution in [0.3, 0.4) is 0 Å². The highest BCUT2D eigenvalue weighted by atomic mass is 16.6. The van der Waals surface area contributed by atoms with Gasteiger partial charge in [-0.2, -0.15) is 5.10 Å². The highest BCUT2D eigenvalue weighted by Crippen LogP contribution is 2.24. The van der Waals surface area contributed by atoms with Gasteiger partial charge in [-0.1, -0.05) is 24.3 Å². The molecule has 0 bridgehead atoms. The second-order valence-electron chi connectivity index (χ2n) is 6.26. The Morgan fingerprint density at radius 1 is 0.939 bits per heavy atom. The van der Waals surface area contributed by atoms with Crippen LogP contribution in [0.4, 0.5) is 22.7 Å². The predicted octanol–water partition coefficient (Wildman–Crippen LogP) is 1.99. The number of esters is 2. The van der Waals surface area contributed by atoms with Gasteiger partial charge in [0.15, 0.2) is 0 Å². The third kappa shape index (κ3) is 6.70. The second kappa shape index (κ2) is 11.7. The molecule has 0 saturated heterocycles. The van der Waals surface area contributed by atoms with E-state index in [4.69, 9.17) is 4.74 Å². The number of hydrogen-bond donors (Lipinski definition) is 3. The zero-order valence-electron chi connectivity index (χ0n) is 17.5. The number of hydrazone groups is 1. The molecule has 14 nitrogen and oxygen atoms in total. The van der Waals surface area contributed by atoms with E-state index >= 15 is 0 Å². The Hall–Kier alpha value is -4.59. The van der Waals surface area contributed by atoms with E-state index in [0.717, 1.165) is 14.2 Å². The zero-order valence-corrected chi connectivity index (χ0v) is 17.5. The summed E-state index contributed by atoms with van der Waals surface area (Å²) in [5.74, 6) is -1.73. The van der Waals surface area contributed by atoms with Crippen molar-refractivity contribution in [2.24, 2.45) is 5.10 Å². The molecule has 0 fully saturated rings. The van der Waals surface area contributed by atoms with Gasteiger partial charge in [0.25, 0.3) is 11.4 Å². The van der Waals surface area contributed by atoms with Crippen LogP contribution in [0.2, 0.25) is 0 Å². The smallest absolute Gasteiger partial charge is 0.354 e. The molecular weight excluding hydrogens is 440 g/mol. The van der Waals surface area contributed by atoms with E-state index in [0.29, 0.717) is 0 Å². The lowest BCUT2D eigenvalue weighted by Crippen LogP contribution is -2.44. The molecule has 0 heterocycles. The van der Waals surface area contributed by atoms with Crippen molar-refractivity contribution in [2.75, 3.05) is 25.1 Å². The minimum Gasteiger partial charge on any atom is -0.468 e. The number of ether oxygens (including phenoxy) is 2. The molecular formula is C19H20N6O8. The Bertz CT molecular complexity index is 1070. The Morgan fingerprint density at radius 2 is 1.48 bits per heavy atom. The van der Waals surface area contributed by atoms with Crippen LogP contribution in [0.5, 0.6) is 0 Å². The molecule has 1 atom stereocenters. The summed E-state index contributed by atoms with van der Waals surface area (Å²) in [5.41, 5.74) is 6.77. The van der Waals surface area contributed by atoms with E-state index in [9.17, 15) is 29.8 Å². The van der Waals surface area contributed by atoms with Crippen LogP contribution < -0.4 is 16.3 Å². The summed E-state index contributed by atoms with van der Waals surface area (Å²) >= 11 is 0. The lowest BCUT2D eigenvalue weighted by Gasteiger charge is -2.18. The number of carbonyl (C=O) groups excluding carboxylic acids is 2. The van der Waals surface area contributed by atoms with Crippen LogP contribution in [0.25, 0.3) is 0 Å². The number of benzene rings is 2. The minimum absolute atomic E-state index is 0.00418. The van der Waals surface area contributed by atoms with E-state index < -0.39 is 27.8 Å². The molecule has 0 aliphatic carbocycles. The largest absolute Gasteiger partial charge is 0.468 e. The third-order valence-electron chi connectivity index (χ3n) is 4.20. The van der Waals surface area contributed by atoms with Gasteiger partial charge in [-0.25, -0.2) is 10.2 Å². The molecule has 0 saturated carbocycles. The molecule has 2 aromatic rings. The van der Waals surface area contributed by atoms with Crippen molar-refractivity contribution in [3.63, 3.8) is 0 Å². The monoisotopic (exact) mass is 460 g/mol. The van der Waals surface area contributed by atoms with Crippen molar-refractivity contribution < 1.29 is 28.9 Å². The molecule has 0 spiro atoms. The highest BCUT2D eigenvalue weighted by Gasteiger charge is 2.26. The number of anilines is 2. The maximum absolute atomic E-state index is 12.2. The quantitative estimate of drug-likeness (QED) is 0.192. The number of nitro benzene ring substituents is 2. The van der Waals surface area contributed by atoms with Gasteiger partial charge in [0.2, 0.25) is 0 Å². The maximum Gasteiger partial charge on any atom is 0.354 e. The zero-order chi connectivity index (χ0) is 24.4. The topological polar surface area (TPSA) is 187 Å². The first-order valence-corrected chi connectivity index (χ1v) is 9.25. The van der Waals surface area contributed by atoms with Gasteiger partial charge in [0.1, 0.15) is 23.1 Å². The summed E-state index contributed by atoms with van der Waals surface area (Å²) in [4.78, 5) is 45.5. The minimum atomic E-state index is -1.24. The van der Waals surface area contributed by atoms with Crippen LogP contribution in [0.1, 0.15) is 6.42 Å². The molecule has 33 heavy (non-hydrogen) atoms. The number of methoxy groups -OCH3 is 2. The molecule has 0 amide bonds. The molecule has 1 unspecified atom stereocenters. The van der Waals surface area contributed by atoms with E-state index in [1.54, 1.807) is 6.07 Å². The van der Waals surface area contributed by atoms with Gasteiger partial charge in [-0.15, -0.1) is 0 Å². The number of hydrazine groups is 1. The van der Waals surface area contributed by atoms with E-state index in [-0.39, 0.29) is 34.9 Å². The number of nitro groups is 2. The van der Waals surface area contributed by atoms with Crippen LogP contribution in [-0.2, 0) is 19.1 Å². The second-order valence-corrected chi connectivity index (χ2v) is 6.26. The normalized spacial score (nSPS) is 11.8. The number of nitrogens with zero attached hydrogens (tertiary/aromatic N) is 3. The van der Waals surface area contributed by atoms with Crippen LogP contribution >= 0.6 is 0 Å². The number of para-hydroxylation sites is 4. The van der Waals surface area contributed by atoms with Crippen molar-refractivity contribution in [3.8, 4) is 0 Å². The maximum atomic E-state index is 12.2. The summed E-state index contributed by atoms with van der Waals surface area (Å²) in [6, 6.07) is 10.0. The summed E-state index contributed by atoms with van der Waals surface area (Å²) in [7, 11) is 2.21. The van der Waals surface area contributed by atoms with Crippen molar-refractivity contribution >= 4 is 40.4 Å². The SMILES string of the molecule is COC(=O)/C(CC(NNc1ccccc1[N+](=O)[O-])C(=O)OC)=N\Nc1ccccc1[N+](=O)[O-]. The Morgan fingerprint density at radius 3 is 2.03 bits per heavy atom. The van der Waals surface area contributed by atoms with Gasteiger partial charge in [-0.05, 0) is 12.1 Å². The lowest BCUT2D eigenvalue weighted by atomic mass is 10.1. The lowest BCUT2D eigenvalue weighted by molar-refractivity contribution is -0.384. The van der Waals surface area contributed by atoms with E-state index in [2.05, 4.69) is 26.1 Å². The summed E-state index contributed by atoms with van der Waals surface area (Å²) in [5, 5.41) is 26.2. The third-order valence-corrected chi connectivity index (χ3v) is 4.20. The molecule has 0 aliphatic heterocycles. The highest BCUT2D eigenvalue weighted by molar-refractivity contribution is 6.37. The summed E-state index contributed by atoms with van der Waals surface area (Å²) in [6.45, 7) is 0. The molecule has 0 radical (unpaired) electrons. The average molecular weight is 460 g/mol. The van der Waals surface area contributed by atoms with Crippen LogP contribution in [-0.4, -0.2) is 47.8 Å². The van der Waals surface area contributed by atoms with Crippen LogP contribution in [0.15, 0.2) is 53.6 Å². The fraction of sp³-hybridized carbons (Fsp3) is 0.211. The van der Waals surface area contributed by atoms with Gasteiger partial charge in [-0.3, -0.25) is 30.4 Å².